The van der Waals surface area contributed by atoms with E-state index in [1.54, 1.807) is 6.92 Å². The lowest BCUT2D eigenvalue weighted by Gasteiger charge is -2.17. The van der Waals surface area contributed by atoms with E-state index in [0.717, 1.165) is 12.8 Å². The molecular formula is C22H30FN3O6S. The first-order chi connectivity index (χ1) is 15.6. The summed E-state index contributed by atoms with van der Waals surface area (Å²) in [6, 6.07) is 3.67. The quantitative estimate of drug-likeness (QED) is 0.404. The number of benzene rings is 1. The minimum absolute atomic E-state index is 0.000461. The highest BCUT2D eigenvalue weighted by atomic mass is 32.2. The summed E-state index contributed by atoms with van der Waals surface area (Å²) in [5.41, 5.74) is 0.578. The summed E-state index contributed by atoms with van der Waals surface area (Å²) >= 11 is 0. The molecule has 1 aromatic rings. The predicted molar refractivity (Wildman–Crippen MR) is 119 cm³/mol. The normalized spacial score (nSPS) is 17.4. The summed E-state index contributed by atoms with van der Waals surface area (Å²) in [5, 5.41) is 2.20. The zero-order valence-electron chi connectivity index (χ0n) is 18.7. The number of amides is 4. The summed E-state index contributed by atoms with van der Waals surface area (Å²) in [6.07, 6.45) is 2.84. The van der Waals surface area contributed by atoms with Crippen LogP contribution in [0.15, 0.2) is 18.2 Å². The number of carbonyl (C=O) groups excluding carboxylic acids is 3. The van der Waals surface area contributed by atoms with Gasteiger partial charge in [-0.2, -0.15) is 0 Å². The first kappa shape index (κ1) is 24.9. The number of imide groups is 1. The molecule has 1 atom stereocenters. The molecule has 33 heavy (non-hydrogen) atoms. The maximum absolute atomic E-state index is 14.2. The number of nitrogens with zero attached hydrogens (tertiary/aromatic N) is 2. The molecule has 0 radical (unpaired) electrons. The Labute approximate surface area is 193 Å². The largest absolute Gasteiger partial charge is 0.415 e. The van der Waals surface area contributed by atoms with Crippen LogP contribution in [-0.4, -0.2) is 73.9 Å². The van der Waals surface area contributed by atoms with Gasteiger partial charge in [-0.1, -0.05) is 19.4 Å². The fraction of sp³-hybridized carbons (Fsp3) is 0.591. The van der Waals surface area contributed by atoms with Crippen molar-refractivity contribution in [1.29, 1.82) is 0 Å². The van der Waals surface area contributed by atoms with Crippen molar-refractivity contribution in [3.05, 3.63) is 29.6 Å². The number of hydrogen-bond acceptors (Lipinski definition) is 6. The van der Waals surface area contributed by atoms with Gasteiger partial charge in [0, 0.05) is 19.6 Å². The third kappa shape index (κ3) is 7.15. The van der Waals surface area contributed by atoms with Gasteiger partial charge < -0.3 is 14.5 Å². The van der Waals surface area contributed by atoms with E-state index in [1.165, 1.54) is 28.0 Å². The number of rotatable bonds is 10. The van der Waals surface area contributed by atoms with Crippen molar-refractivity contribution in [2.24, 2.45) is 0 Å². The van der Waals surface area contributed by atoms with E-state index in [1.807, 2.05) is 0 Å². The highest BCUT2D eigenvalue weighted by Gasteiger charge is 2.26. The smallest absolute Gasteiger partial charge is 0.407 e. The van der Waals surface area contributed by atoms with E-state index in [9.17, 15) is 27.2 Å². The first-order valence-corrected chi connectivity index (χ1v) is 13.0. The fourth-order valence-electron chi connectivity index (χ4n) is 3.99. The fourth-order valence-corrected chi connectivity index (χ4v) is 5.75. The maximum Gasteiger partial charge on any atom is 0.415 e. The third-order valence-corrected chi connectivity index (χ3v) is 7.76. The zero-order valence-corrected chi connectivity index (χ0v) is 19.5. The lowest BCUT2D eigenvalue weighted by Crippen LogP contribution is -2.30. The van der Waals surface area contributed by atoms with Crippen molar-refractivity contribution in [1.82, 2.24) is 15.1 Å². The molecule has 0 spiro atoms. The Bertz CT molecular complexity index is 994. The summed E-state index contributed by atoms with van der Waals surface area (Å²) in [4.78, 5) is 37.7. The van der Waals surface area contributed by atoms with Gasteiger partial charge in [-0.15, -0.1) is 0 Å². The summed E-state index contributed by atoms with van der Waals surface area (Å²) in [6.45, 7) is 3.35. The Morgan fingerprint density at radius 2 is 1.91 bits per heavy atom. The van der Waals surface area contributed by atoms with Crippen LogP contribution < -0.4 is 10.1 Å². The van der Waals surface area contributed by atoms with Gasteiger partial charge in [-0.3, -0.25) is 10.1 Å². The van der Waals surface area contributed by atoms with Gasteiger partial charge in [0.05, 0.1) is 11.5 Å². The molecule has 182 valence electrons. The van der Waals surface area contributed by atoms with Crippen molar-refractivity contribution in [3.63, 3.8) is 0 Å². The van der Waals surface area contributed by atoms with Crippen LogP contribution in [0.1, 0.15) is 50.5 Å². The Kier molecular flexibility index (Phi) is 8.28. The average molecular weight is 484 g/mol. The molecule has 1 N–H and O–H groups in total. The molecule has 9 nitrogen and oxygen atoms in total. The monoisotopic (exact) mass is 483 g/mol. The Hall–Kier alpha value is -2.69. The Morgan fingerprint density at radius 1 is 1.18 bits per heavy atom. The number of halogens is 1. The molecule has 2 saturated heterocycles. The molecule has 0 aliphatic carbocycles. The molecule has 2 heterocycles. The third-order valence-electron chi connectivity index (χ3n) is 5.84. The molecule has 4 amide bonds. The van der Waals surface area contributed by atoms with Crippen LogP contribution in [0.5, 0.6) is 5.75 Å². The summed E-state index contributed by atoms with van der Waals surface area (Å²) in [7, 11) is -3.36. The average Bonchev–Trinajstić information content (AvgIpc) is 3.38. The molecule has 11 heteroatoms. The molecule has 2 aliphatic rings. The van der Waals surface area contributed by atoms with Gasteiger partial charge in [0.1, 0.15) is 6.54 Å². The lowest BCUT2D eigenvalue weighted by molar-refractivity contribution is -0.118. The number of carbonyl (C=O) groups is 3. The number of likely N-dealkylation sites (tertiary alicyclic amines) is 1. The van der Waals surface area contributed by atoms with Gasteiger partial charge in [-0.25, -0.2) is 22.4 Å². The summed E-state index contributed by atoms with van der Waals surface area (Å²) < 4.78 is 44.5. The second-order valence-electron chi connectivity index (χ2n) is 8.60. The van der Waals surface area contributed by atoms with Crippen LogP contribution in [-0.2, 0) is 14.6 Å². The minimum atomic E-state index is -3.36. The summed E-state index contributed by atoms with van der Waals surface area (Å²) in [5.74, 6) is -1.71. The molecule has 0 saturated carbocycles. The first-order valence-electron chi connectivity index (χ1n) is 11.2. The highest BCUT2D eigenvalue weighted by molar-refractivity contribution is 7.91. The zero-order chi connectivity index (χ0) is 24.0. The number of sulfone groups is 1. The van der Waals surface area contributed by atoms with Gasteiger partial charge in [0.25, 0.3) is 0 Å². The van der Waals surface area contributed by atoms with Crippen LogP contribution in [0.4, 0.5) is 14.0 Å². The number of unbranched alkanes of at least 4 members (excludes halogenated alkanes) is 2. The van der Waals surface area contributed by atoms with E-state index in [4.69, 9.17) is 4.74 Å². The van der Waals surface area contributed by atoms with Crippen molar-refractivity contribution in [2.45, 2.75) is 44.9 Å². The van der Waals surface area contributed by atoms with Crippen LogP contribution in [0.25, 0.3) is 0 Å². The van der Waals surface area contributed by atoms with Crippen molar-refractivity contribution < 1.29 is 31.9 Å². The van der Waals surface area contributed by atoms with E-state index in [2.05, 4.69) is 5.32 Å². The van der Waals surface area contributed by atoms with Gasteiger partial charge in [-0.05, 0) is 49.3 Å². The molecule has 1 aromatic carbocycles. The molecule has 2 aliphatic heterocycles. The molecule has 0 aromatic heterocycles. The van der Waals surface area contributed by atoms with Gasteiger partial charge in [0.2, 0.25) is 5.91 Å². The second-order valence-corrected chi connectivity index (χ2v) is 10.8. The number of nitrogens with one attached hydrogen (secondary N) is 1. The molecule has 2 fully saturated rings. The molecular weight excluding hydrogens is 453 g/mol. The second kappa shape index (κ2) is 11.0. The van der Waals surface area contributed by atoms with Crippen LogP contribution in [0.3, 0.4) is 0 Å². The van der Waals surface area contributed by atoms with Crippen molar-refractivity contribution in [2.75, 3.05) is 37.7 Å². The van der Waals surface area contributed by atoms with E-state index >= 15 is 0 Å². The minimum Gasteiger partial charge on any atom is -0.407 e. The number of urea groups is 1. The van der Waals surface area contributed by atoms with E-state index in [-0.39, 0.29) is 29.7 Å². The molecule has 3 rings (SSSR count). The SMILES string of the molecule is C[C@@H](CS(=O)(=O)CCCCCN1CC(=O)NC1=O)c1ccc(F)c(OC(=O)N2CCCC2)c1. The Balaban J connectivity index is 1.46. The number of hydrogen-bond donors (Lipinski definition) is 1. The van der Waals surface area contributed by atoms with Crippen LogP contribution in [0.2, 0.25) is 0 Å². The topological polar surface area (TPSA) is 113 Å². The van der Waals surface area contributed by atoms with E-state index in [0.29, 0.717) is 44.5 Å². The van der Waals surface area contributed by atoms with Crippen LogP contribution in [0, 0.1) is 5.82 Å². The standard InChI is InChI=1S/C22H30FN3O6S/c1-16(15-33(30,31)12-6-2-3-11-26-14-20(27)24-21(26)28)17-7-8-18(23)19(13-17)32-22(29)25-9-4-5-10-25/h7-8,13,16H,2-6,9-12,14-15H2,1H3,(H,24,27,28)/t16-/m0/s1. The van der Waals surface area contributed by atoms with E-state index < -0.39 is 33.7 Å². The number of ether oxygens (including phenoxy) is 1. The maximum atomic E-state index is 14.2. The molecule has 0 bridgehead atoms. The van der Waals surface area contributed by atoms with Gasteiger partial charge >= 0.3 is 12.1 Å². The van der Waals surface area contributed by atoms with Crippen molar-refractivity contribution >= 4 is 27.9 Å². The lowest BCUT2D eigenvalue weighted by atomic mass is 10.0. The Morgan fingerprint density at radius 3 is 2.58 bits per heavy atom. The highest BCUT2D eigenvalue weighted by Crippen LogP contribution is 2.26. The predicted octanol–water partition coefficient (Wildman–Crippen LogP) is 2.66. The van der Waals surface area contributed by atoms with Gasteiger partial charge in [0.15, 0.2) is 21.4 Å². The molecule has 0 unspecified atom stereocenters. The van der Waals surface area contributed by atoms with Crippen LogP contribution >= 0.6 is 0 Å². The van der Waals surface area contributed by atoms with Crippen molar-refractivity contribution in [3.8, 4) is 5.75 Å².